The molecule has 254 valence electrons. The molecule has 1 heterocycles. The SMILES string of the molecule is COc1ccc(C(NC(=O)[C@@H]2[C@@H](O)CCN2C(=O)[C@H](C)NC(=O)OCC2c3ccccc3-c3ccccc32)c2ccc(C)cc2)c(OC)c1. The number of carbonyl (C=O) groups excluding carboxylic acids is 3. The number of nitrogens with one attached hydrogen (secondary N) is 2. The summed E-state index contributed by atoms with van der Waals surface area (Å²) in [5.74, 6) is -0.0625. The van der Waals surface area contributed by atoms with Gasteiger partial charge in [-0.1, -0.05) is 78.4 Å². The van der Waals surface area contributed by atoms with Gasteiger partial charge in [0.05, 0.1) is 26.4 Å². The molecule has 1 saturated heterocycles. The second kappa shape index (κ2) is 14.4. The van der Waals surface area contributed by atoms with Crippen LogP contribution >= 0.6 is 0 Å². The van der Waals surface area contributed by atoms with Crippen LogP contribution in [-0.2, 0) is 14.3 Å². The average molecular weight is 664 g/mol. The van der Waals surface area contributed by atoms with Gasteiger partial charge in [-0.05, 0) is 60.2 Å². The van der Waals surface area contributed by atoms with E-state index in [0.717, 1.165) is 33.4 Å². The van der Waals surface area contributed by atoms with Crippen molar-refractivity contribution in [3.8, 4) is 22.6 Å². The van der Waals surface area contributed by atoms with Crippen molar-refractivity contribution in [1.29, 1.82) is 0 Å². The monoisotopic (exact) mass is 663 g/mol. The molecule has 1 fully saturated rings. The summed E-state index contributed by atoms with van der Waals surface area (Å²) >= 11 is 0. The van der Waals surface area contributed by atoms with Crippen LogP contribution in [0.5, 0.6) is 11.5 Å². The molecule has 2 aliphatic rings. The highest BCUT2D eigenvalue weighted by Crippen LogP contribution is 2.44. The highest BCUT2D eigenvalue weighted by Gasteiger charge is 2.43. The van der Waals surface area contributed by atoms with Crippen molar-refractivity contribution in [2.75, 3.05) is 27.4 Å². The Balaban J connectivity index is 1.14. The Morgan fingerprint density at radius 3 is 2.16 bits per heavy atom. The number of fused-ring (bicyclic) bond motifs is 3. The number of likely N-dealkylation sites (tertiary alicyclic amines) is 1. The Morgan fingerprint density at radius 1 is 0.878 bits per heavy atom. The summed E-state index contributed by atoms with van der Waals surface area (Å²) in [5, 5.41) is 16.7. The fourth-order valence-corrected chi connectivity index (χ4v) is 6.85. The van der Waals surface area contributed by atoms with Crippen molar-refractivity contribution in [2.24, 2.45) is 0 Å². The van der Waals surface area contributed by atoms with E-state index in [0.29, 0.717) is 17.1 Å². The second-order valence-corrected chi connectivity index (χ2v) is 12.5. The van der Waals surface area contributed by atoms with Crippen LogP contribution in [-0.4, -0.2) is 73.5 Å². The molecule has 4 aromatic carbocycles. The van der Waals surface area contributed by atoms with Gasteiger partial charge >= 0.3 is 6.09 Å². The van der Waals surface area contributed by atoms with Crippen molar-refractivity contribution < 1.29 is 33.7 Å². The zero-order chi connectivity index (χ0) is 34.7. The lowest BCUT2D eigenvalue weighted by atomic mass is 9.96. The number of aliphatic hydroxyl groups excluding tert-OH is 1. The van der Waals surface area contributed by atoms with Crippen molar-refractivity contribution in [1.82, 2.24) is 15.5 Å². The third-order valence-electron chi connectivity index (χ3n) is 9.42. The number of ether oxygens (including phenoxy) is 3. The van der Waals surface area contributed by atoms with E-state index in [2.05, 4.69) is 22.8 Å². The quantitative estimate of drug-likeness (QED) is 0.215. The van der Waals surface area contributed by atoms with Gasteiger partial charge in [-0.2, -0.15) is 0 Å². The van der Waals surface area contributed by atoms with Crippen LogP contribution in [0, 0.1) is 6.92 Å². The number of amides is 3. The van der Waals surface area contributed by atoms with E-state index in [4.69, 9.17) is 14.2 Å². The lowest BCUT2D eigenvalue weighted by Gasteiger charge is -2.30. The summed E-state index contributed by atoms with van der Waals surface area (Å²) in [7, 11) is 3.10. The Kier molecular flexibility index (Phi) is 9.87. The maximum absolute atomic E-state index is 14.0. The standard InChI is InChI=1S/C39H41N3O7/c1-23-13-15-25(16-14-23)35(31-18-17-26(47-3)21-34(31)48-4)41-37(44)36-33(43)19-20-42(36)38(45)24(2)40-39(46)49-22-32-29-11-7-5-9-27(29)28-10-6-8-12-30(28)32/h5-18,21,24,32-33,35-36,43H,19-20,22H2,1-4H3,(H,40,46)(H,41,44)/t24-,33-,35?,36-/m0/s1. The zero-order valence-electron chi connectivity index (χ0n) is 28.0. The van der Waals surface area contributed by atoms with Crippen LogP contribution in [0.4, 0.5) is 4.79 Å². The molecule has 6 rings (SSSR count). The first kappa shape index (κ1) is 33.5. The molecule has 3 N–H and O–H groups in total. The average Bonchev–Trinajstić information content (AvgIpc) is 3.67. The highest BCUT2D eigenvalue weighted by atomic mass is 16.5. The molecule has 10 heteroatoms. The first-order chi connectivity index (χ1) is 23.7. The largest absolute Gasteiger partial charge is 0.497 e. The van der Waals surface area contributed by atoms with Crippen LogP contribution in [0.3, 0.4) is 0 Å². The van der Waals surface area contributed by atoms with Gasteiger partial charge in [0.1, 0.15) is 30.2 Å². The van der Waals surface area contributed by atoms with Crippen LogP contribution < -0.4 is 20.1 Å². The Morgan fingerprint density at radius 2 is 1.53 bits per heavy atom. The number of methoxy groups -OCH3 is 2. The molecule has 0 saturated carbocycles. The Bertz CT molecular complexity index is 1800. The predicted molar refractivity (Wildman–Crippen MR) is 185 cm³/mol. The van der Waals surface area contributed by atoms with Gasteiger partial charge in [-0.15, -0.1) is 0 Å². The minimum Gasteiger partial charge on any atom is -0.497 e. The maximum Gasteiger partial charge on any atom is 0.407 e. The molecular formula is C39H41N3O7. The van der Waals surface area contributed by atoms with E-state index >= 15 is 0 Å². The van der Waals surface area contributed by atoms with Crippen molar-refractivity contribution in [3.63, 3.8) is 0 Å². The number of alkyl carbamates (subject to hydrolysis) is 1. The summed E-state index contributed by atoms with van der Waals surface area (Å²) in [5.41, 5.74) is 6.91. The summed E-state index contributed by atoms with van der Waals surface area (Å²) in [6.45, 7) is 3.77. The molecule has 0 radical (unpaired) electrons. The fraction of sp³-hybridized carbons (Fsp3) is 0.308. The van der Waals surface area contributed by atoms with Gasteiger partial charge in [-0.25, -0.2) is 4.79 Å². The van der Waals surface area contributed by atoms with Gasteiger partial charge < -0.3 is 34.9 Å². The highest BCUT2D eigenvalue weighted by molar-refractivity contribution is 5.92. The van der Waals surface area contributed by atoms with Gasteiger partial charge in [0, 0.05) is 24.1 Å². The first-order valence-corrected chi connectivity index (χ1v) is 16.4. The van der Waals surface area contributed by atoms with Crippen LogP contribution in [0.25, 0.3) is 11.1 Å². The Hall–Kier alpha value is -5.35. The zero-order valence-corrected chi connectivity index (χ0v) is 28.0. The number of aryl methyl sites for hydroxylation is 1. The molecule has 3 amide bonds. The minimum absolute atomic E-state index is 0.101. The van der Waals surface area contributed by atoms with Crippen molar-refractivity contribution in [2.45, 2.75) is 50.4 Å². The number of hydrogen-bond donors (Lipinski definition) is 3. The topological polar surface area (TPSA) is 126 Å². The molecule has 0 spiro atoms. The molecule has 0 bridgehead atoms. The molecule has 4 atom stereocenters. The molecule has 0 aromatic heterocycles. The molecular weight excluding hydrogens is 622 g/mol. The van der Waals surface area contributed by atoms with E-state index in [-0.39, 0.29) is 25.5 Å². The lowest BCUT2D eigenvalue weighted by Crippen LogP contribution is -2.55. The summed E-state index contributed by atoms with van der Waals surface area (Å²) in [6, 6.07) is 26.3. The van der Waals surface area contributed by atoms with Crippen LogP contribution in [0.2, 0.25) is 0 Å². The van der Waals surface area contributed by atoms with Gasteiger partial charge in [0.2, 0.25) is 11.8 Å². The van der Waals surface area contributed by atoms with E-state index in [9.17, 15) is 19.5 Å². The minimum atomic E-state index is -1.17. The Labute approximate surface area is 286 Å². The fourth-order valence-electron chi connectivity index (χ4n) is 6.85. The van der Waals surface area contributed by atoms with Crippen molar-refractivity contribution in [3.05, 3.63) is 119 Å². The molecule has 1 unspecified atom stereocenters. The number of rotatable bonds is 10. The number of hydrogen-bond acceptors (Lipinski definition) is 7. The maximum atomic E-state index is 14.0. The summed E-state index contributed by atoms with van der Waals surface area (Å²) < 4.78 is 16.7. The van der Waals surface area contributed by atoms with E-state index in [1.807, 2.05) is 73.7 Å². The number of carbonyl (C=O) groups is 3. The number of nitrogens with zero attached hydrogens (tertiary/aromatic N) is 1. The number of benzene rings is 4. The molecule has 10 nitrogen and oxygen atoms in total. The number of aliphatic hydroxyl groups is 1. The normalized spacial score (nSPS) is 17.8. The third-order valence-corrected chi connectivity index (χ3v) is 9.42. The molecule has 4 aromatic rings. The van der Waals surface area contributed by atoms with Gasteiger partial charge in [0.15, 0.2) is 0 Å². The van der Waals surface area contributed by atoms with E-state index in [1.165, 1.54) is 4.90 Å². The molecule has 1 aliphatic carbocycles. The smallest absolute Gasteiger partial charge is 0.407 e. The second-order valence-electron chi connectivity index (χ2n) is 12.5. The van der Waals surface area contributed by atoms with Crippen LogP contribution in [0.1, 0.15) is 53.1 Å². The first-order valence-electron chi connectivity index (χ1n) is 16.4. The lowest BCUT2D eigenvalue weighted by molar-refractivity contribution is -0.141. The van der Waals surface area contributed by atoms with E-state index < -0.39 is 42.1 Å². The third kappa shape index (κ3) is 6.82. The van der Waals surface area contributed by atoms with Gasteiger partial charge in [-0.3, -0.25) is 9.59 Å². The van der Waals surface area contributed by atoms with E-state index in [1.54, 1.807) is 33.3 Å². The predicted octanol–water partition coefficient (Wildman–Crippen LogP) is 5.11. The summed E-state index contributed by atoms with van der Waals surface area (Å²) in [6.07, 6.45) is -1.63. The van der Waals surface area contributed by atoms with Crippen molar-refractivity contribution >= 4 is 17.9 Å². The van der Waals surface area contributed by atoms with Gasteiger partial charge in [0.25, 0.3) is 0 Å². The van der Waals surface area contributed by atoms with Crippen LogP contribution in [0.15, 0.2) is 91.0 Å². The molecule has 49 heavy (non-hydrogen) atoms. The molecule has 1 aliphatic heterocycles. The summed E-state index contributed by atoms with van der Waals surface area (Å²) in [4.78, 5) is 42.0.